The predicted molar refractivity (Wildman–Crippen MR) is 168 cm³/mol. The number of ketones is 2. The number of amides is 1. The van der Waals surface area contributed by atoms with Crippen LogP contribution in [0.3, 0.4) is 0 Å². The highest BCUT2D eigenvalue weighted by atomic mass is 32.2. The topological polar surface area (TPSA) is 100 Å². The minimum Gasteiger partial charge on any atom is -0.497 e. The third-order valence-electron chi connectivity index (χ3n) is 7.05. The van der Waals surface area contributed by atoms with Crippen LogP contribution in [0.5, 0.6) is 11.5 Å². The molecule has 2 aromatic carbocycles. The largest absolute Gasteiger partial charge is 0.497 e. The second-order valence-electron chi connectivity index (χ2n) is 10.7. The number of hydrogen-bond acceptors (Lipinski definition) is 9. The number of carbonyl (C=O) groups excluding carboxylic acids is 3. The lowest BCUT2D eigenvalue weighted by Gasteiger charge is -2.32. The molecular formula is C32H39NO7S2. The lowest BCUT2D eigenvalue weighted by molar-refractivity contribution is -0.130. The summed E-state index contributed by atoms with van der Waals surface area (Å²) in [5.74, 6) is -0.707. The van der Waals surface area contributed by atoms with Gasteiger partial charge in [-0.05, 0) is 73.1 Å². The summed E-state index contributed by atoms with van der Waals surface area (Å²) in [4.78, 5) is 40.2. The van der Waals surface area contributed by atoms with Crippen LogP contribution in [0.2, 0.25) is 0 Å². The summed E-state index contributed by atoms with van der Waals surface area (Å²) < 4.78 is 23.0. The maximum absolute atomic E-state index is 13.8. The van der Waals surface area contributed by atoms with Crippen molar-refractivity contribution in [2.45, 2.75) is 46.8 Å². The first-order valence-electron chi connectivity index (χ1n) is 13.7. The molecule has 8 nitrogen and oxygen atoms in total. The van der Waals surface area contributed by atoms with Gasteiger partial charge in [-0.3, -0.25) is 14.4 Å². The number of thiocarbonyl (C=S) groups is 1. The molecule has 0 spiro atoms. The van der Waals surface area contributed by atoms with E-state index in [2.05, 4.69) is 5.32 Å². The van der Waals surface area contributed by atoms with E-state index in [4.69, 9.17) is 31.2 Å². The summed E-state index contributed by atoms with van der Waals surface area (Å²) in [6.45, 7) is 8.45. The number of Topliss-reactive ketones (excluding diaryl/α,β-unsaturated/α-hetero) is 1. The molecule has 0 bridgehead atoms. The molecule has 0 unspecified atom stereocenters. The molecule has 0 radical (unpaired) electrons. The number of nitrogens with one attached hydrogen (secondary N) is 1. The van der Waals surface area contributed by atoms with Gasteiger partial charge in [0.05, 0.1) is 39.0 Å². The Kier molecular flexibility index (Phi) is 12.1. The van der Waals surface area contributed by atoms with E-state index in [0.29, 0.717) is 35.3 Å². The standard InChI is InChI=1S/C32H39NO7S2/c1-18(2)12-25(30(40-32(41)42-7)20(4)16-39-17-21-8-10-22(37-5)11-9-21)31(36)33-26-15-27(34)23-14-28(38-6)19(3)13-24(23)29(26)35/h8-11,13-15,18,20,25,30H,12,16-17H2,1-7H3,(H,33,36)/t20-,25+,30+/m0/s1. The van der Waals surface area contributed by atoms with Gasteiger partial charge in [0.25, 0.3) is 0 Å². The van der Waals surface area contributed by atoms with Crippen molar-refractivity contribution in [2.24, 2.45) is 17.8 Å². The lowest BCUT2D eigenvalue weighted by atomic mass is 9.84. The number of aryl methyl sites for hydroxylation is 1. The summed E-state index contributed by atoms with van der Waals surface area (Å²) in [5, 5.41) is 2.75. The Balaban J connectivity index is 1.81. The van der Waals surface area contributed by atoms with Crippen LogP contribution in [0.15, 0.2) is 48.2 Å². The summed E-state index contributed by atoms with van der Waals surface area (Å²) >= 11 is 6.67. The van der Waals surface area contributed by atoms with Crippen LogP contribution in [0, 0.1) is 24.7 Å². The second-order valence-corrected chi connectivity index (χ2v) is 12.1. The van der Waals surface area contributed by atoms with Crippen LogP contribution in [0.25, 0.3) is 0 Å². The highest BCUT2D eigenvalue weighted by Gasteiger charge is 2.37. The molecule has 0 aromatic heterocycles. The van der Waals surface area contributed by atoms with Crippen LogP contribution >= 0.6 is 24.0 Å². The molecule has 3 atom stereocenters. The van der Waals surface area contributed by atoms with Gasteiger partial charge in [0.2, 0.25) is 16.1 Å². The molecule has 1 N–H and O–H groups in total. The number of fused-ring (bicyclic) bond motifs is 1. The Bertz CT molecular complexity index is 1340. The Morgan fingerprint density at radius 3 is 2.31 bits per heavy atom. The molecule has 0 saturated carbocycles. The number of carbonyl (C=O) groups is 3. The third kappa shape index (κ3) is 8.42. The van der Waals surface area contributed by atoms with Gasteiger partial charge in [0.15, 0.2) is 5.78 Å². The van der Waals surface area contributed by atoms with E-state index in [1.54, 1.807) is 26.2 Å². The fraction of sp³-hybridized carbons (Fsp3) is 0.438. The maximum Gasteiger partial charge on any atom is 0.231 e. The molecule has 1 amide bonds. The number of allylic oxidation sites excluding steroid dienone is 2. The molecule has 0 aliphatic heterocycles. The molecule has 0 saturated heterocycles. The van der Waals surface area contributed by atoms with Crippen LogP contribution in [0.1, 0.15) is 59.0 Å². The molecule has 2 aromatic rings. The molecule has 1 aliphatic rings. The lowest BCUT2D eigenvalue weighted by Crippen LogP contribution is -2.45. The number of rotatable bonds is 13. The summed E-state index contributed by atoms with van der Waals surface area (Å²) in [6, 6.07) is 10.8. The van der Waals surface area contributed by atoms with Crippen LogP contribution < -0.4 is 14.8 Å². The minimum absolute atomic E-state index is 0.0644. The predicted octanol–water partition coefficient (Wildman–Crippen LogP) is 5.94. The Morgan fingerprint density at radius 2 is 1.71 bits per heavy atom. The van der Waals surface area contributed by atoms with Crippen molar-refractivity contribution in [3.8, 4) is 11.5 Å². The molecule has 0 heterocycles. The monoisotopic (exact) mass is 613 g/mol. The van der Waals surface area contributed by atoms with E-state index < -0.39 is 23.7 Å². The van der Waals surface area contributed by atoms with Gasteiger partial charge >= 0.3 is 0 Å². The Morgan fingerprint density at radius 1 is 1.02 bits per heavy atom. The number of methoxy groups -OCH3 is 2. The first-order valence-corrected chi connectivity index (χ1v) is 15.4. The van der Waals surface area contributed by atoms with Crippen LogP contribution in [-0.4, -0.2) is 55.0 Å². The van der Waals surface area contributed by atoms with Crippen LogP contribution in [-0.2, 0) is 20.9 Å². The van der Waals surface area contributed by atoms with Gasteiger partial charge in [-0.1, -0.05) is 44.7 Å². The highest BCUT2D eigenvalue weighted by molar-refractivity contribution is 8.22. The van der Waals surface area contributed by atoms with Crippen molar-refractivity contribution >= 4 is 45.8 Å². The first-order chi connectivity index (χ1) is 20.0. The van der Waals surface area contributed by atoms with Crippen molar-refractivity contribution < 1.29 is 33.3 Å². The molecule has 3 rings (SSSR count). The number of ether oxygens (including phenoxy) is 4. The smallest absolute Gasteiger partial charge is 0.231 e. The first kappa shape index (κ1) is 33.3. The van der Waals surface area contributed by atoms with Gasteiger partial charge < -0.3 is 24.3 Å². The van der Waals surface area contributed by atoms with E-state index >= 15 is 0 Å². The van der Waals surface area contributed by atoms with Gasteiger partial charge in [0, 0.05) is 23.1 Å². The molecule has 226 valence electrons. The van der Waals surface area contributed by atoms with Gasteiger partial charge in [-0.2, -0.15) is 0 Å². The van der Waals surface area contributed by atoms with Gasteiger partial charge in [0.1, 0.15) is 17.6 Å². The molecule has 42 heavy (non-hydrogen) atoms. The van der Waals surface area contributed by atoms with Crippen molar-refractivity contribution in [3.05, 3.63) is 70.4 Å². The van der Waals surface area contributed by atoms with Crippen molar-refractivity contribution in [3.63, 3.8) is 0 Å². The van der Waals surface area contributed by atoms with E-state index in [9.17, 15) is 14.4 Å². The number of hydrogen-bond donors (Lipinski definition) is 1. The zero-order valence-corrected chi connectivity index (χ0v) is 26.8. The van der Waals surface area contributed by atoms with E-state index in [1.165, 1.54) is 24.9 Å². The van der Waals surface area contributed by atoms with Crippen LogP contribution in [0.4, 0.5) is 0 Å². The third-order valence-corrected chi connectivity index (χ3v) is 8.08. The van der Waals surface area contributed by atoms with E-state index in [0.717, 1.165) is 11.3 Å². The zero-order valence-electron chi connectivity index (χ0n) is 25.1. The second kappa shape index (κ2) is 15.3. The molecule has 1 aliphatic carbocycles. The Hall–Kier alpha value is -3.21. The maximum atomic E-state index is 13.8. The molecular weight excluding hydrogens is 574 g/mol. The number of benzene rings is 2. The fourth-order valence-corrected chi connectivity index (χ4v) is 5.19. The normalized spacial score (nSPS) is 14.9. The SMILES string of the molecule is COc1ccc(COC[C@H](C)[C@@H](OC(=S)SC)[C@@H](CC(C)C)C(=O)NC2=CC(=O)c3cc(OC)c(C)cc3C2=O)cc1. The average molecular weight is 614 g/mol. The van der Waals surface area contributed by atoms with E-state index in [-0.39, 0.29) is 34.4 Å². The van der Waals surface area contributed by atoms with Crippen molar-refractivity contribution in [1.29, 1.82) is 0 Å². The van der Waals surface area contributed by atoms with Crippen molar-refractivity contribution in [1.82, 2.24) is 5.32 Å². The number of thioether (sulfide) groups is 1. The average Bonchev–Trinajstić information content (AvgIpc) is 2.97. The van der Waals surface area contributed by atoms with Gasteiger partial charge in [-0.15, -0.1) is 0 Å². The van der Waals surface area contributed by atoms with E-state index in [1.807, 2.05) is 51.3 Å². The summed E-state index contributed by atoms with van der Waals surface area (Å²) in [6.07, 6.45) is 2.83. The fourth-order valence-electron chi connectivity index (χ4n) is 4.87. The quantitative estimate of drug-likeness (QED) is 0.275. The Labute approximate surface area is 257 Å². The molecule has 0 fully saturated rings. The minimum atomic E-state index is -0.669. The highest BCUT2D eigenvalue weighted by Crippen LogP contribution is 2.30. The summed E-state index contributed by atoms with van der Waals surface area (Å²) in [5.41, 5.74) is 2.11. The molecule has 10 heteroatoms. The van der Waals surface area contributed by atoms with Crippen molar-refractivity contribution in [2.75, 3.05) is 27.1 Å². The summed E-state index contributed by atoms with van der Waals surface area (Å²) in [7, 11) is 3.12. The van der Waals surface area contributed by atoms with Gasteiger partial charge in [-0.25, -0.2) is 0 Å². The zero-order chi connectivity index (χ0) is 31.0.